The zero-order valence-electron chi connectivity index (χ0n) is 11.1. The van der Waals surface area contributed by atoms with Gasteiger partial charge in [0.25, 0.3) is 0 Å². The van der Waals surface area contributed by atoms with Crippen molar-refractivity contribution < 1.29 is 4.39 Å². The number of halogens is 2. The molecule has 3 rings (SSSR count). The van der Waals surface area contributed by atoms with Crippen LogP contribution in [0.25, 0.3) is 16.9 Å². The van der Waals surface area contributed by atoms with E-state index in [1.54, 1.807) is 22.9 Å². The van der Waals surface area contributed by atoms with E-state index >= 15 is 0 Å². The number of hydrogen-bond acceptors (Lipinski definition) is 3. The first-order chi connectivity index (χ1) is 10.2. The highest BCUT2D eigenvalue weighted by Crippen LogP contribution is 2.26. The van der Waals surface area contributed by atoms with E-state index in [0.717, 1.165) is 5.56 Å². The largest absolute Gasteiger partial charge is 0.278 e. The van der Waals surface area contributed by atoms with Gasteiger partial charge in [-0.3, -0.25) is 4.57 Å². The number of fused-ring (bicyclic) bond motifs is 1. The lowest BCUT2D eigenvalue weighted by atomic mass is 10.1. The van der Waals surface area contributed by atoms with Crippen LogP contribution in [0.2, 0.25) is 0 Å². The van der Waals surface area contributed by atoms with Gasteiger partial charge in [-0.2, -0.15) is 5.26 Å². The summed E-state index contributed by atoms with van der Waals surface area (Å²) in [6, 6.07) is 8.18. The number of nitrogens with zero attached hydrogens (tertiary/aromatic N) is 4. The predicted octanol–water partition coefficient (Wildman–Crippen LogP) is 3.48. The standard InChI is InChI=1S/C15H10ClFN4/c1-9-5-6-19-15-14(9)20-13(7-16)21(15)12-4-2-3-11(17)10(12)8-18/h2-6H,7H2,1H3. The van der Waals surface area contributed by atoms with E-state index in [-0.39, 0.29) is 11.4 Å². The van der Waals surface area contributed by atoms with Crippen molar-refractivity contribution in [2.75, 3.05) is 0 Å². The number of rotatable bonds is 2. The van der Waals surface area contributed by atoms with Gasteiger partial charge >= 0.3 is 0 Å². The van der Waals surface area contributed by atoms with E-state index < -0.39 is 5.82 Å². The molecule has 0 spiro atoms. The molecule has 0 aliphatic heterocycles. The number of alkyl halides is 1. The predicted molar refractivity (Wildman–Crippen MR) is 77.8 cm³/mol. The third-order valence-corrected chi connectivity index (χ3v) is 3.52. The van der Waals surface area contributed by atoms with Gasteiger partial charge in [-0.1, -0.05) is 6.07 Å². The van der Waals surface area contributed by atoms with E-state index in [0.29, 0.717) is 22.7 Å². The minimum atomic E-state index is -0.579. The molecule has 0 aliphatic carbocycles. The van der Waals surface area contributed by atoms with Crippen LogP contribution in [-0.2, 0) is 5.88 Å². The molecular weight excluding hydrogens is 291 g/mol. The molecule has 3 aromatic rings. The zero-order chi connectivity index (χ0) is 15.0. The van der Waals surface area contributed by atoms with Gasteiger partial charge in [-0.25, -0.2) is 14.4 Å². The average molecular weight is 301 g/mol. The van der Waals surface area contributed by atoms with Gasteiger partial charge in [0.2, 0.25) is 0 Å². The van der Waals surface area contributed by atoms with E-state index in [2.05, 4.69) is 9.97 Å². The summed E-state index contributed by atoms with van der Waals surface area (Å²) in [6.45, 7) is 1.91. The molecule has 2 heterocycles. The maximum Gasteiger partial charge on any atom is 0.165 e. The van der Waals surface area contributed by atoms with Crippen LogP contribution in [0.15, 0.2) is 30.5 Å². The summed E-state index contributed by atoms with van der Waals surface area (Å²) in [6.07, 6.45) is 1.65. The number of hydrogen-bond donors (Lipinski definition) is 0. The maximum atomic E-state index is 13.8. The topological polar surface area (TPSA) is 54.5 Å². The minimum Gasteiger partial charge on any atom is -0.278 e. The van der Waals surface area contributed by atoms with E-state index in [1.165, 1.54) is 6.07 Å². The molecule has 0 saturated carbocycles. The van der Waals surface area contributed by atoms with Gasteiger partial charge in [-0.15, -0.1) is 11.6 Å². The van der Waals surface area contributed by atoms with Gasteiger partial charge in [0, 0.05) is 6.20 Å². The number of pyridine rings is 1. The third-order valence-electron chi connectivity index (χ3n) is 3.28. The smallest absolute Gasteiger partial charge is 0.165 e. The normalized spacial score (nSPS) is 10.8. The first-order valence-corrected chi connectivity index (χ1v) is 6.78. The molecule has 6 heteroatoms. The van der Waals surface area contributed by atoms with Gasteiger partial charge < -0.3 is 0 Å². The maximum absolute atomic E-state index is 13.8. The van der Waals surface area contributed by atoms with Crippen LogP contribution in [0.3, 0.4) is 0 Å². The van der Waals surface area contributed by atoms with Crippen molar-refractivity contribution in [3.63, 3.8) is 0 Å². The molecule has 0 bridgehead atoms. The third kappa shape index (κ3) is 2.05. The van der Waals surface area contributed by atoms with Gasteiger partial charge in [0.05, 0.1) is 11.6 Å². The molecule has 0 aliphatic rings. The number of aryl methyl sites for hydroxylation is 1. The summed E-state index contributed by atoms with van der Waals surface area (Å²) >= 11 is 5.95. The Labute approximate surface area is 125 Å². The van der Waals surface area contributed by atoms with Crippen molar-refractivity contribution >= 4 is 22.8 Å². The van der Waals surface area contributed by atoms with Crippen molar-refractivity contribution in [3.8, 4) is 11.8 Å². The first kappa shape index (κ1) is 13.5. The highest BCUT2D eigenvalue weighted by Gasteiger charge is 2.18. The molecule has 0 N–H and O–H groups in total. The lowest BCUT2D eigenvalue weighted by Gasteiger charge is -2.09. The van der Waals surface area contributed by atoms with Gasteiger partial charge in [0.1, 0.15) is 28.8 Å². The highest BCUT2D eigenvalue weighted by atomic mass is 35.5. The minimum absolute atomic E-state index is 0.0496. The fourth-order valence-corrected chi connectivity index (χ4v) is 2.47. The molecule has 4 nitrogen and oxygen atoms in total. The Kier molecular flexibility index (Phi) is 3.32. The SMILES string of the molecule is Cc1ccnc2c1nc(CCl)n2-c1cccc(F)c1C#N. The van der Waals surface area contributed by atoms with Crippen LogP contribution in [0.1, 0.15) is 17.0 Å². The number of benzene rings is 1. The number of aromatic nitrogens is 3. The Balaban J connectivity index is 2.43. The van der Waals surface area contributed by atoms with Crippen molar-refractivity contribution in [2.24, 2.45) is 0 Å². The first-order valence-electron chi connectivity index (χ1n) is 6.25. The fraction of sp³-hybridized carbons (Fsp3) is 0.133. The quantitative estimate of drug-likeness (QED) is 0.681. The number of nitriles is 1. The van der Waals surface area contributed by atoms with Crippen LogP contribution in [0.4, 0.5) is 4.39 Å². The Morgan fingerprint density at radius 3 is 2.90 bits per heavy atom. The molecular formula is C15H10ClFN4. The molecule has 21 heavy (non-hydrogen) atoms. The summed E-state index contributed by atoms with van der Waals surface area (Å²) in [7, 11) is 0. The van der Waals surface area contributed by atoms with Crippen LogP contribution >= 0.6 is 11.6 Å². The summed E-state index contributed by atoms with van der Waals surface area (Å²) in [5.41, 5.74) is 2.55. The average Bonchev–Trinajstić information content (AvgIpc) is 2.87. The zero-order valence-corrected chi connectivity index (χ0v) is 11.9. The summed E-state index contributed by atoms with van der Waals surface area (Å²) in [4.78, 5) is 8.75. The Hall–Kier alpha value is -2.45. The second kappa shape index (κ2) is 5.15. The molecule has 0 radical (unpaired) electrons. The van der Waals surface area contributed by atoms with Crippen LogP contribution in [-0.4, -0.2) is 14.5 Å². The number of imidazole rings is 1. The summed E-state index contributed by atoms with van der Waals surface area (Å²) in [5, 5.41) is 9.21. The van der Waals surface area contributed by atoms with Crippen LogP contribution < -0.4 is 0 Å². The highest BCUT2D eigenvalue weighted by molar-refractivity contribution is 6.17. The van der Waals surface area contributed by atoms with E-state index in [1.807, 2.05) is 19.1 Å². The van der Waals surface area contributed by atoms with Gasteiger partial charge in [0.15, 0.2) is 5.65 Å². The second-order valence-corrected chi connectivity index (χ2v) is 4.81. The van der Waals surface area contributed by atoms with E-state index in [4.69, 9.17) is 11.6 Å². The lowest BCUT2D eigenvalue weighted by molar-refractivity contribution is 0.622. The summed E-state index contributed by atoms with van der Waals surface area (Å²) < 4.78 is 15.5. The lowest BCUT2D eigenvalue weighted by Crippen LogP contribution is -2.04. The Morgan fingerprint density at radius 1 is 1.38 bits per heavy atom. The fourth-order valence-electron chi connectivity index (χ4n) is 2.29. The molecule has 0 unspecified atom stereocenters. The van der Waals surface area contributed by atoms with E-state index in [9.17, 15) is 9.65 Å². The van der Waals surface area contributed by atoms with Crippen molar-refractivity contribution in [3.05, 3.63) is 53.2 Å². The molecule has 0 atom stereocenters. The van der Waals surface area contributed by atoms with Crippen LogP contribution in [0.5, 0.6) is 0 Å². The second-order valence-electron chi connectivity index (χ2n) is 4.54. The van der Waals surface area contributed by atoms with Crippen molar-refractivity contribution in [1.82, 2.24) is 14.5 Å². The molecule has 0 fully saturated rings. The summed E-state index contributed by atoms with van der Waals surface area (Å²) in [5.74, 6) is 0.0811. The van der Waals surface area contributed by atoms with Crippen LogP contribution in [0, 0.1) is 24.1 Å². The Bertz CT molecular complexity index is 879. The molecule has 0 amide bonds. The molecule has 2 aromatic heterocycles. The van der Waals surface area contributed by atoms with Gasteiger partial charge in [-0.05, 0) is 30.7 Å². The van der Waals surface area contributed by atoms with Crippen molar-refractivity contribution in [1.29, 1.82) is 5.26 Å². The molecule has 104 valence electrons. The molecule has 0 saturated heterocycles. The van der Waals surface area contributed by atoms with Crippen molar-refractivity contribution in [2.45, 2.75) is 12.8 Å². The molecule has 1 aromatic carbocycles. The monoisotopic (exact) mass is 300 g/mol. The Morgan fingerprint density at radius 2 is 2.19 bits per heavy atom.